The summed E-state index contributed by atoms with van der Waals surface area (Å²) in [7, 11) is 0. The molecule has 2 saturated heterocycles. The summed E-state index contributed by atoms with van der Waals surface area (Å²) < 4.78 is 17.3. The van der Waals surface area contributed by atoms with Crippen LogP contribution >= 0.6 is 0 Å². The third kappa shape index (κ3) is 6.17. The van der Waals surface area contributed by atoms with Gasteiger partial charge in [-0.1, -0.05) is 60.7 Å². The predicted octanol–water partition coefficient (Wildman–Crippen LogP) is 4.58. The molecule has 27 heavy (non-hydrogen) atoms. The highest BCUT2D eigenvalue weighted by atomic mass is 16.6. The third-order valence-electron chi connectivity index (χ3n) is 5.59. The monoisotopic (exact) mass is 366 g/mol. The van der Waals surface area contributed by atoms with Gasteiger partial charge in [-0.2, -0.15) is 0 Å². The molecule has 0 aliphatic carbocycles. The van der Waals surface area contributed by atoms with Crippen molar-refractivity contribution in [3.8, 4) is 0 Å². The molecular formula is C24H30O3. The van der Waals surface area contributed by atoms with Gasteiger partial charge in [0.1, 0.15) is 0 Å². The Hall–Kier alpha value is -1.68. The molecule has 0 amide bonds. The van der Waals surface area contributed by atoms with Crippen LogP contribution in [0.1, 0.15) is 36.8 Å². The summed E-state index contributed by atoms with van der Waals surface area (Å²) in [6.07, 6.45) is 8.16. The molecule has 4 unspecified atom stereocenters. The average Bonchev–Trinajstić information content (AvgIpc) is 3.63. The number of rotatable bonds is 12. The number of hydrogen-bond donors (Lipinski definition) is 0. The number of ether oxygens (including phenoxy) is 3. The van der Waals surface area contributed by atoms with Crippen LogP contribution in [0, 0.1) is 0 Å². The van der Waals surface area contributed by atoms with Crippen molar-refractivity contribution in [1.29, 1.82) is 0 Å². The second-order valence-corrected chi connectivity index (χ2v) is 7.66. The molecule has 3 heteroatoms. The molecule has 0 bridgehead atoms. The van der Waals surface area contributed by atoms with E-state index in [0.29, 0.717) is 24.4 Å². The Morgan fingerprint density at radius 1 is 0.556 bits per heavy atom. The quantitative estimate of drug-likeness (QED) is 0.407. The molecule has 2 aliphatic heterocycles. The molecule has 2 aliphatic rings. The van der Waals surface area contributed by atoms with Crippen LogP contribution in [0.4, 0.5) is 0 Å². The third-order valence-corrected chi connectivity index (χ3v) is 5.59. The summed E-state index contributed by atoms with van der Waals surface area (Å²) in [4.78, 5) is 0. The van der Waals surface area contributed by atoms with E-state index in [-0.39, 0.29) is 0 Å². The summed E-state index contributed by atoms with van der Waals surface area (Å²) in [5.74, 6) is 0. The zero-order chi connectivity index (χ0) is 18.3. The van der Waals surface area contributed by atoms with E-state index in [2.05, 4.69) is 60.7 Å². The molecule has 3 nitrogen and oxygen atoms in total. The molecule has 0 aromatic heterocycles. The number of epoxide rings is 2. The Morgan fingerprint density at radius 2 is 0.963 bits per heavy atom. The van der Waals surface area contributed by atoms with Gasteiger partial charge in [-0.15, -0.1) is 0 Å². The lowest BCUT2D eigenvalue weighted by Gasteiger charge is -2.02. The first-order valence-electron chi connectivity index (χ1n) is 10.3. The first-order valence-corrected chi connectivity index (χ1v) is 10.3. The predicted molar refractivity (Wildman–Crippen MR) is 107 cm³/mol. The maximum absolute atomic E-state index is 5.80. The lowest BCUT2D eigenvalue weighted by atomic mass is 10.1. The molecule has 0 spiro atoms. The molecule has 0 radical (unpaired) electrons. The second-order valence-electron chi connectivity index (χ2n) is 7.66. The molecule has 2 heterocycles. The molecule has 2 fully saturated rings. The Bertz CT molecular complexity index is 613. The van der Waals surface area contributed by atoms with Crippen molar-refractivity contribution >= 4 is 0 Å². The van der Waals surface area contributed by atoms with Gasteiger partial charge in [0.15, 0.2) is 0 Å². The van der Waals surface area contributed by atoms with E-state index < -0.39 is 0 Å². The van der Waals surface area contributed by atoms with Crippen LogP contribution in [0.3, 0.4) is 0 Å². The van der Waals surface area contributed by atoms with Crippen molar-refractivity contribution in [2.24, 2.45) is 0 Å². The zero-order valence-electron chi connectivity index (χ0n) is 16.0. The first kappa shape index (κ1) is 18.7. The van der Waals surface area contributed by atoms with Crippen LogP contribution in [-0.4, -0.2) is 37.6 Å². The van der Waals surface area contributed by atoms with E-state index in [1.54, 1.807) is 0 Å². The van der Waals surface area contributed by atoms with Crippen LogP contribution in [0.25, 0.3) is 0 Å². The topological polar surface area (TPSA) is 34.3 Å². The highest BCUT2D eigenvalue weighted by Crippen LogP contribution is 2.31. The smallest absolute Gasteiger partial charge is 0.0863 e. The number of hydrogen-bond acceptors (Lipinski definition) is 3. The zero-order valence-corrected chi connectivity index (χ0v) is 16.0. The summed E-state index contributed by atoms with van der Waals surface area (Å²) in [5, 5.41) is 0. The largest absolute Gasteiger partial charge is 0.381 e. The van der Waals surface area contributed by atoms with Gasteiger partial charge in [-0.3, -0.25) is 0 Å². The molecule has 0 saturated carbocycles. The fourth-order valence-electron chi connectivity index (χ4n) is 3.78. The maximum Gasteiger partial charge on any atom is 0.0863 e. The summed E-state index contributed by atoms with van der Waals surface area (Å²) in [6.45, 7) is 1.60. The van der Waals surface area contributed by atoms with Gasteiger partial charge in [-0.25, -0.2) is 0 Å². The molecular weight excluding hydrogens is 336 g/mol. The summed E-state index contributed by atoms with van der Waals surface area (Å²) >= 11 is 0. The average molecular weight is 367 g/mol. The van der Waals surface area contributed by atoms with Crippen molar-refractivity contribution in [2.45, 2.75) is 62.9 Å². The fourth-order valence-corrected chi connectivity index (χ4v) is 3.78. The molecule has 4 atom stereocenters. The number of benzene rings is 2. The summed E-state index contributed by atoms with van der Waals surface area (Å²) in [6, 6.07) is 21.3. The highest BCUT2D eigenvalue weighted by molar-refractivity contribution is 5.16. The van der Waals surface area contributed by atoms with Gasteiger partial charge >= 0.3 is 0 Å². The van der Waals surface area contributed by atoms with Crippen molar-refractivity contribution in [1.82, 2.24) is 0 Å². The van der Waals surface area contributed by atoms with E-state index in [0.717, 1.165) is 51.7 Å². The minimum Gasteiger partial charge on any atom is -0.381 e. The lowest BCUT2D eigenvalue weighted by Crippen LogP contribution is -2.06. The van der Waals surface area contributed by atoms with E-state index >= 15 is 0 Å². The van der Waals surface area contributed by atoms with Crippen LogP contribution in [0.15, 0.2) is 60.7 Å². The normalized spacial score (nSPS) is 26.1. The SMILES string of the molecule is c1ccc(CCC2OC2CCOCCC2OC2CCc2ccccc2)cc1. The molecule has 4 rings (SSSR count). The highest BCUT2D eigenvalue weighted by Gasteiger charge is 2.38. The van der Waals surface area contributed by atoms with Crippen LogP contribution in [0.5, 0.6) is 0 Å². The molecule has 2 aromatic carbocycles. The van der Waals surface area contributed by atoms with E-state index in [9.17, 15) is 0 Å². The maximum atomic E-state index is 5.80. The van der Waals surface area contributed by atoms with Gasteiger partial charge in [0.25, 0.3) is 0 Å². The van der Waals surface area contributed by atoms with Crippen LogP contribution in [0.2, 0.25) is 0 Å². The summed E-state index contributed by atoms with van der Waals surface area (Å²) in [5.41, 5.74) is 2.79. The molecule has 0 N–H and O–H groups in total. The fraction of sp³-hybridized carbons (Fsp3) is 0.500. The van der Waals surface area contributed by atoms with Crippen LogP contribution in [-0.2, 0) is 27.1 Å². The second kappa shape index (κ2) is 9.50. The van der Waals surface area contributed by atoms with Gasteiger partial charge < -0.3 is 14.2 Å². The minimum atomic E-state index is 0.407. The minimum absolute atomic E-state index is 0.407. The van der Waals surface area contributed by atoms with Crippen LogP contribution < -0.4 is 0 Å². The Morgan fingerprint density at radius 3 is 1.41 bits per heavy atom. The van der Waals surface area contributed by atoms with E-state index in [4.69, 9.17) is 14.2 Å². The Kier molecular flexibility index (Phi) is 6.57. The van der Waals surface area contributed by atoms with Gasteiger partial charge in [0.2, 0.25) is 0 Å². The van der Waals surface area contributed by atoms with Crippen molar-refractivity contribution in [2.75, 3.05) is 13.2 Å². The number of aryl methyl sites for hydroxylation is 2. The van der Waals surface area contributed by atoms with Gasteiger partial charge in [-0.05, 0) is 49.7 Å². The van der Waals surface area contributed by atoms with E-state index in [1.165, 1.54) is 11.1 Å². The molecule has 2 aromatic rings. The van der Waals surface area contributed by atoms with Crippen molar-refractivity contribution in [3.05, 3.63) is 71.8 Å². The van der Waals surface area contributed by atoms with Crippen molar-refractivity contribution in [3.63, 3.8) is 0 Å². The standard InChI is InChI=1S/C24H30O3/c1-3-7-19(8-4-1)11-13-21-23(26-21)15-17-25-18-16-24-22(27-24)14-12-20-9-5-2-6-10-20/h1-10,21-24H,11-18H2. The van der Waals surface area contributed by atoms with Gasteiger partial charge in [0, 0.05) is 13.2 Å². The first-order chi connectivity index (χ1) is 13.4. The Balaban J connectivity index is 0.986. The van der Waals surface area contributed by atoms with Gasteiger partial charge in [0.05, 0.1) is 24.4 Å². The Labute approximate surface area is 162 Å². The van der Waals surface area contributed by atoms with Crippen molar-refractivity contribution < 1.29 is 14.2 Å². The van der Waals surface area contributed by atoms with E-state index in [1.807, 2.05) is 0 Å². The molecule has 144 valence electrons. The lowest BCUT2D eigenvalue weighted by molar-refractivity contribution is 0.118.